The number of ether oxygens (including phenoxy) is 1. The van der Waals surface area contributed by atoms with Crippen LogP contribution in [0.4, 0.5) is 4.79 Å². The second-order valence-electron chi connectivity index (χ2n) is 5.67. The van der Waals surface area contributed by atoms with Crippen molar-refractivity contribution in [2.24, 2.45) is 5.92 Å². The first-order chi connectivity index (χ1) is 9.56. The van der Waals surface area contributed by atoms with Gasteiger partial charge in [-0.05, 0) is 17.5 Å². The molecule has 20 heavy (non-hydrogen) atoms. The maximum atomic E-state index is 12.2. The second kappa shape index (κ2) is 4.81. The Kier molecular flexibility index (Phi) is 3.12. The summed E-state index contributed by atoms with van der Waals surface area (Å²) >= 11 is 0. The Morgan fingerprint density at radius 3 is 2.75 bits per heavy atom. The smallest absolute Gasteiger partial charge is 0.324 e. The van der Waals surface area contributed by atoms with Gasteiger partial charge < -0.3 is 10.1 Å². The van der Waals surface area contributed by atoms with E-state index in [1.807, 2.05) is 38.1 Å². The van der Waals surface area contributed by atoms with Crippen LogP contribution in [0.25, 0.3) is 0 Å². The number of carbonyl (C=O) groups excluding carboxylic acids is 2. The van der Waals surface area contributed by atoms with Crippen molar-refractivity contribution in [1.82, 2.24) is 10.2 Å². The highest BCUT2D eigenvalue weighted by Crippen LogP contribution is 2.29. The van der Waals surface area contributed by atoms with E-state index in [-0.39, 0.29) is 24.0 Å². The summed E-state index contributed by atoms with van der Waals surface area (Å²) in [5, 5.41) is 2.73. The third kappa shape index (κ3) is 2.13. The highest BCUT2D eigenvalue weighted by Gasteiger charge is 2.41. The summed E-state index contributed by atoms with van der Waals surface area (Å²) in [7, 11) is 0. The summed E-state index contributed by atoms with van der Waals surface area (Å²) < 4.78 is 5.79. The first kappa shape index (κ1) is 13.0. The highest BCUT2D eigenvalue weighted by atomic mass is 16.5. The summed E-state index contributed by atoms with van der Waals surface area (Å²) in [4.78, 5) is 25.4. The molecule has 3 amide bonds. The number of urea groups is 1. The maximum absolute atomic E-state index is 12.2. The van der Waals surface area contributed by atoms with Crippen molar-refractivity contribution >= 4 is 11.9 Å². The standard InChI is InChI=1S/C15H18N2O3/c1-9(2)13-14(18)17(15(19)16-13)8-11-7-10-5-3-4-6-12(10)20-11/h3-6,9,11,13H,7-8H2,1-2H3,(H,16,19). The first-order valence-corrected chi connectivity index (χ1v) is 6.92. The molecule has 2 atom stereocenters. The lowest BCUT2D eigenvalue weighted by Crippen LogP contribution is -2.40. The van der Waals surface area contributed by atoms with Crippen molar-refractivity contribution in [2.75, 3.05) is 6.54 Å². The van der Waals surface area contributed by atoms with Crippen LogP contribution in [-0.4, -0.2) is 35.5 Å². The molecule has 0 aliphatic carbocycles. The van der Waals surface area contributed by atoms with Crippen molar-refractivity contribution in [3.05, 3.63) is 29.8 Å². The first-order valence-electron chi connectivity index (χ1n) is 6.92. The van der Waals surface area contributed by atoms with E-state index in [4.69, 9.17) is 4.74 Å². The van der Waals surface area contributed by atoms with Gasteiger partial charge in [0.05, 0.1) is 6.54 Å². The monoisotopic (exact) mass is 274 g/mol. The van der Waals surface area contributed by atoms with Crippen LogP contribution in [0.15, 0.2) is 24.3 Å². The van der Waals surface area contributed by atoms with E-state index in [0.29, 0.717) is 6.54 Å². The van der Waals surface area contributed by atoms with E-state index >= 15 is 0 Å². The second-order valence-corrected chi connectivity index (χ2v) is 5.67. The van der Waals surface area contributed by atoms with E-state index in [9.17, 15) is 9.59 Å². The van der Waals surface area contributed by atoms with Crippen LogP contribution in [0.2, 0.25) is 0 Å². The van der Waals surface area contributed by atoms with Crippen LogP contribution in [0.3, 0.4) is 0 Å². The molecule has 2 aliphatic heterocycles. The molecule has 2 heterocycles. The lowest BCUT2D eigenvalue weighted by molar-refractivity contribution is -0.129. The Bertz CT molecular complexity index is 531. The Balaban J connectivity index is 1.68. The van der Waals surface area contributed by atoms with Gasteiger partial charge in [0, 0.05) is 6.42 Å². The summed E-state index contributed by atoms with van der Waals surface area (Å²) in [5.74, 6) is 0.799. The van der Waals surface area contributed by atoms with Crippen molar-refractivity contribution in [3.63, 3.8) is 0 Å². The minimum atomic E-state index is -0.411. The van der Waals surface area contributed by atoms with Crippen LogP contribution in [0.5, 0.6) is 5.75 Å². The number of nitrogens with one attached hydrogen (secondary N) is 1. The SMILES string of the molecule is CC(C)C1NC(=O)N(CC2Cc3ccccc3O2)C1=O. The third-order valence-electron chi connectivity index (χ3n) is 3.82. The molecule has 5 heteroatoms. The Labute approximate surface area is 117 Å². The molecule has 3 rings (SSSR count). The summed E-state index contributed by atoms with van der Waals surface area (Å²) in [6, 6.07) is 7.09. The van der Waals surface area contributed by atoms with Gasteiger partial charge in [0.2, 0.25) is 0 Å². The Morgan fingerprint density at radius 1 is 1.35 bits per heavy atom. The van der Waals surface area contributed by atoms with Crippen LogP contribution < -0.4 is 10.1 Å². The molecule has 2 unspecified atom stereocenters. The van der Waals surface area contributed by atoms with E-state index in [2.05, 4.69) is 5.32 Å². The number of amides is 3. The van der Waals surface area contributed by atoms with Gasteiger partial charge in [-0.15, -0.1) is 0 Å². The number of nitrogens with zero attached hydrogens (tertiary/aromatic N) is 1. The van der Waals surface area contributed by atoms with Gasteiger partial charge in [0.25, 0.3) is 5.91 Å². The van der Waals surface area contributed by atoms with Gasteiger partial charge in [0.15, 0.2) is 0 Å². The molecule has 5 nitrogen and oxygen atoms in total. The summed E-state index contributed by atoms with van der Waals surface area (Å²) in [6.07, 6.45) is 0.590. The zero-order valence-electron chi connectivity index (χ0n) is 11.6. The Morgan fingerprint density at radius 2 is 2.10 bits per heavy atom. The molecular formula is C15H18N2O3. The largest absolute Gasteiger partial charge is 0.488 e. The highest BCUT2D eigenvalue weighted by molar-refractivity contribution is 6.04. The van der Waals surface area contributed by atoms with E-state index in [1.54, 1.807) is 0 Å². The molecule has 106 valence electrons. The number of fused-ring (bicyclic) bond motifs is 1. The molecular weight excluding hydrogens is 256 g/mol. The minimum absolute atomic E-state index is 0.0955. The zero-order chi connectivity index (χ0) is 14.3. The molecule has 1 N–H and O–H groups in total. The number of carbonyl (C=O) groups is 2. The lowest BCUT2D eigenvalue weighted by Gasteiger charge is -2.18. The predicted molar refractivity (Wildman–Crippen MR) is 73.4 cm³/mol. The number of imide groups is 1. The molecule has 1 fully saturated rings. The summed E-state index contributed by atoms with van der Waals surface area (Å²) in [5.41, 5.74) is 1.13. The fourth-order valence-electron chi connectivity index (χ4n) is 2.72. The van der Waals surface area contributed by atoms with Crippen molar-refractivity contribution in [2.45, 2.75) is 32.4 Å². The average molecular weight is 274 g/mol. The number of para-hydroxylation sites is 1. The molecule has 0 aromatic heterocycles. The van der Waals surface area contributed by atoms with E-state index in [1.165, 1.54) is 4.90 Å². The maximum Gasteiger partial charge on any atom is 0.324 e. The minimum Gasteiger partial charge on any atom is -0.488 e. The van der Waals surface area contributed by atoms with Crippen molar-refractivity contribution < 1.29 is 14.3 Å². The number of benzene rings is 1. The topological polar surface area (TPSA) is 58.6 Å². The average Bonchev–Trinajstić information content (AvgIpc) is 2.94. The fraction of sp³-hybridized carbons (Fsp3) is 0.467. The quantitative estimate of drug-likeness (QED) is 0.851. The molecule has 0 bridgehead atoms. The number of hydrogen-bond donors (Lipinski definition) is 1. The molecule has 0 radical (unpaired) electrons. The molecule has 0 spiro atoms. The third-order valence-corrected chi connectivity index (χ3v) is 3.82. The molecule has 0 saturated carbocycles. The van der Waals surface area contributed by atoms with Gasteiger partial charge in [-0.2, -0.15) is 0 Å². The number of hydrogen-bond acceptors (Lipinski definition) is 3. The van der Waals surface area contributed by atoms with Gasteiger partial charge in [-0.3, -0.25) is 9.69 Å². The normalized spacial score (nSPS) is 24.9. The van der Waals surface area contributed by atoms with Crippen LogP contribution in [-0.2, 0) is 11.2 Å². The molecule has 2 aliphatic rings. The van der Waals surface area contributed by atoms with E-state index < -0.39 is 6.04 Å². The van der Waals surface area contributed by atoms with Crippen molar-refractivity contribution in [1.29, 1.82) is 0 Å². The molecule has 1 saturated heterocycles. The van der Waals surface area contributed by atoms with Crippen molar-refractivity contribution in [3.8, 4) is 5.75 Å². The van der Waals surface area contributed by atoms with Crippen LogP contribution >= 0.6 is 0 Å². The predicted octanol–water partition coefficient (Wildman–Crippen LogP) is 1.57. The molecule has 1 aromatic carbocycles. The van der Waals surface area contributed by atoms with Gasteiger partial charge in [-0.1, -0.05) is 32.0 Å². The Hall–Kier alpha value is -2.04. The summed E-state index contributed by atoms with van der Waals surface area (Å²) in [6.45, 7) is 4.16. The van der Waals surface area contributed by atoms with Crippen LogP contribution in [0, 0.1) is 5.92 Å². The van der Waals surface area contributed by atoms with Gasteiger partial charge in [0.1, 0.15) is 17.9 Å². The van der Waals surface area contributed by atoms with Gasteiger partial charge >= 0.3 is 6.03 Å². The lowest BCUT2D eigenvalue weighted by atomic mass is 10.0. The number of rotatable bonds is 3. The van der Waals surface area contributed by atoms with Gasteiger partial charge in [-0.25, -0.2) is 4.79 Å². The van der Waals surface area contributed by atoms with E-state index in [0.717, 1.165) is 17.7 Å². The fourth-order valence-corrected chi connectivity index (χ4v) is 2.72. The van der Waals surface area contributed by atoms with Crippen LogP contribution in [0.1, 0.15) is 19.4 Å². The molecule has 1 aromatic rings. The zero-order valence-corrected chi connectivity index (χ0v) is 11.6.